The number of nitrogens with one attached hydrogen (secondary N) is 1. The molecule has 1 heterocycles. The van der Waals surface area contributed by atoms with Crippen LogP contribution in [0.15, 0.2) is 23.0 Å². The lowest BCUT2D eigenvalue weighted by molar-refractivity contribution is 0.330. The summed E-state index contributed by atoms with van der Waals surface area (Å²) in [7, 11) is 1.94. The van der Waals surface area contributed by atoms with Gasteiger partial charge < -0.3 is 5.32 Å². The molecule has 128 valence electrons. The predicted octanol–water partition coefficient (Wildman–Crippen LogP) is 2.86. The predicted molar refractivity (Wildman–Crippen MR) is 97.0 cm³/mol. The van der Waals surface area contributed by atoms with E-state index >= 15 is 0 Å². The summed E-state index contributed by atoms with van der Waals surface area (Å²) in [5, 5.41) is 12.7. The van der Waals surface area contributed by atoms with Crippen LogP contribution in [0.1, 0.15) is 45.0 Å². The number of benzene rings is 1. The molecule has 1 N–H and O–H groups in total. The lowest BCUT2D eigenvalue weighted by Crippen LogP contribution is -2.31. The topological polar surface area (TPSA) is 70.7 Å². The van der Waals surface area contributed by atoms with E-state index in [0.717, 1.165) is 31.6 Å². The summed E-state index contributed by atoms with van der Waals surface area (Å²) in [6.45, 7) is 7.91. The van der Waals surface area contributed by atoms with Gasteiger partial charge in [-0.05, 0) is 50.0 Å². The van der Waals surface area contributed by atoms with Crippen LogP contribution in [-0.4, -0.2) is 23.1 Å². The Morgan fingerprint density at radius 3 is 2.67 bits per heavy atom. The van der Waals surface area contributed by atoms with Gasteiger partial charge in [-0.3, -0.25) is 9.36 Å². The Kier molecular flexibility index (Phi) is 5.74. The van der Waals surface area contributed by atoms with Gasteiger partial charge in [0.1, 0.15) is 5.82 Å². The van der Waals surface area contributed by atoms with Crippen molar-refractivity contribution in [3.8, 4) is 6.07 Å². The standard InChI is InChI=1S/C19H26N4O/c1-19(2,3)13-23-17(7-5-6-10-21-4)22-16-9-8-14(12-20)11-15(16)18(23)24/h8-9,11,21H,5-7,10,13H2,1-4H3. The number of unbranched alkanes of at least 4 members (excludes halogenated alkanes) is 1. The van der Waals surface area contributed by atoms with Crippen LogP contribution in [0.5, 0.6) is 0 Å². The minimum absolute atomic E-state index is 0.0221. The number of hydrogen-bond donors (Lipinski definition) is 1. The summed E-state index contributed by atoms with van der Waals surface area (Å²) in [6.07, 6.45) is 2.81. The molecule has 1 aromatic heterocycles. The summed E-state index contributed by atoms with van der Waals surface area (Å²) in [5.41, 5.74) is 1.10. The highest BCUT2D eigenvalue weighted by atomic mass is 16.1. The molecule has 0 saturated carbocycles. The summed E-state index contributed by atoms with van der Waals surface area (Å²) < 4.78 is 1.79. The zero-order chi connectivity index (χ0) is 17.7. The largest absolute Gasteiger partial charge is 0.320 e. The highest BCUT2D eigenvalue weighted by Gasteiger charge is 2.18. The number of nitrogens with zero attached hydrogens (tertiary/aromatic N) is 3. The quantitative estimate of drug-likeness (QED) is 0.829. The molecule has 0 aliphatic heterocycles. The number of hydrogen-bond acceptors (Lipinski definition) is 4. The second kappa shape index (κ2) is 7.59. The number of fused-ring (bicyclic) bond motifs is 1. The van der Waals surface area contributed by atoms with Crippen molar-refractivity contribution in [1.82, 2.24) is 14.9 Å². The van der Waals surface area contributed by atoms with Crippen LogP contribution in [0, 0.1) is 16.7 Å². The van der Waals surface area contributed by atoms with Gasteiger partial charge in [0, 0.05) is 13.0 Å². The fourth-order valence-electron chi connectivity index (χ4n) is 2.75. The van der Waals surface area contributed by atoms with E-state index in [1.165, 1.54) is 0 Å². The van der Waals surface area contributed by atoms with Crippen molar-refractivity contribution < 1.29 is 0 Å². The molecule has 0 spiro atoms. The van der Waals surface area contributed by atoms with E-state index < -0.39 is 0 Å². The van der Waals surface area contributed by atoms with Crippen molar-refractivity contribution in [3.63, 3.8) is 0 Å². The van der Waals surface area contributed by atoms with Crippen LogP contribution >= 0.6 is 0 Å². The summed E-state index contributed by atoms with van der Waals surface area (Å²) >= 11 is 0. The first-order chi connectivity index (χ1) is 11.4. The molecular weight excluding hydrogens is 300 g/mol. The molecule has 0 bridgehead atoms. The van der Waals surface area contributed by atoms with E-state index in [-0.39, 0.29) is 11.0 Å². The maximum absolute atomic E-state index is 13.0. The molecule has 0 amide bonds. The Labute approximate surface area is 143 Å². The number of aromatic nitrogens is 2. The molecule has 0 aliphatic carbocycles. The normalized spacial score (nSPS) is 11.6. The van der Waals surface area contributed by atoms with E-state index in [0.29, 0.717) is 23.0 Å². The Bertz CT molecular complexity index is 809. The number of nitriles is 1. The van der Waals surface area contributed by atoms with Crippen LogP contribution in [-0.2, 0) is 13.0 Å². The second-order valence-corrected chi connectivity index (χ2v) is 7.38. The van der Waals surface area contributed by atoms with Gasteiger partial charge in [0.2, 0.25) is 0 Å². The number of aryl methyl sites for hydroxylation is 1. The number of rotatable bonds is 6. The zero-order valence-corrected chi connectivity index (χ0v) is 15.0. The first-order valence-electron chi connectivity index (χ1n) is 8.44. The first-order valence-corrected chi connectivity index (χ1v) is 8.44. The third kappa shape index (κ3) is 4.42. The van der Waals surface area contributed by atoms with Crippen molar-refractivity contribution in [1.29, 1.82) is 5.26 Å². The fourth-order valence-corrected chi connectivity index (χ4v) is 2.75. The van der Waals surface area contributed by atoms with Gasteiger partial charge in [0.15, 0.2) is 0 Å². The van der Waals surface area contributed by atoms with Gasteiger partial charge in [-0.25, -0.2) is 4.98 Å². The average molecular weight is 326 g/mol. The summed E-state index contributed by atoms with van der Waals surface area (Å²) in [6, 6.07) is 7.23. The van der Waals surface area contributed by atoms with Crippen LogP contribution in [0.4, 0.5) is 0 Å². The molecule has 0 saturated heterocycles. The maximum atomic E-state index is 13.0. The van der Waals surface area contributed by atoms with Crippen molar-refractivity contribution in [3.05, 3.63) is 39.9 Å². The lowest BCUT2D eigenvalue weighted by atomic mass is 9.96. The smallest absolute Gasteiger partial charge is 0.261 e. The first kappa shape index (κ1) is 18.2. The SMILES string of the molecule is CNCCCCc1nc2ccc(C#N)cc2c(=O)n1CC(C)(C)C. The molecule has 2 rings (SSSR count). The average Bonchev–Trinajstić information content (AvgIpc) is 2.53. The molecule has 0 unspecified atom stereocenters. The van der Waals surface area contributed by atoms with Gasteiger partial charge in [0.25, 0.3) is 5.56 Å². The molecule has 0 aliphatic rings. The lowest BCUT2D eigenvalue weighted by Gasteiger charge is -2.22. The van der Waals surface area contributed by atoms with Crippen molar-refractivity contribution in [2.45, 2.75) is 46.6 Å². The molecule has 24 heavy (non-hydrogen) atoms. The Hall–Kier alpha value is -2.19. The van der Waals surface area contributed by atoms with Crippen molar-refractivity contribution >= 4 is 10.9 Å². The van der Waals surface area contributed by atoms with Crippen molar-refractivity contribution in [2.75, 3.05) is 13.6 Å². The van der Waals surface area contributed by atoms with Gasteiger partial charge in [0.05, 0.1) is 22.5 Å². The van der Waals surface area contributed by atoms with Crippen LogP contribution in [0.25, 0.3) is 10.9 Å². The molecule has 0 atom stereocenters. The Balaban J connectivity index is 2.51. The van der Waals surface area contributed by atoms with Crippen LogP contribution in [0.3, 0.4) is 0 Å². The van der Waals surface area contributed by atoms with E-state index in [2.05, 4.69) is 32.2 Å². The zero-order valence-electron chi connectivity index (χ0n) is 15.0. The molecule has 1 aromatic carbocycles. The highest BCUT2D eigenvalue weighted by molar-refractivity contribution is 5.79. The highest BCUT2D eigenvalue weighted by Crippen LogP contribution is 2.19. The van der Waals surface area contributed by atoms with Gasteiger partial charge >= 0.3 is 0 Å². The molecule has 5 nitrogen and oxygen atoms in total. The minimum Gasteiger partial charge on any atom is -0.320 e. The van der Waals surface area contributed by atoms with Gasteiger partial charge in [-0.15, -0.1) is 0 Å². The van der Waals surface area contributed by atoms with E-state index in [9.17, 15) is 4.79 Å². The van der Waals surface area contributed by atoms with E-state index in [4.69, 9.17) is 10.2 Å². The summed E-state index contributed by atoms with van der Waals surface area (Å²) in [4.78, 5) is 17.7. The maximum Gasteiger partial charge on any atom is 0.261 e. The van der Waals surface area contributed by atoms with E-state index in [1.807, 2.05) is 7.05 Å². The van der Waals surface area contributed by atoms with Crippen molar-refractivity contribution in [2.24, 2.45) is 5.41 Å². The fraction of sp³-hybridized carbons (Fsp3) is 0.526. The molecule has 2 aromatic rings. The van der Waals surface area contributed by atoms with Crippen LogP contribution < -0.4 is 10.9 Å². The molecule has 5 heteroatoms. The second-order valence-electron chi connectivity index (χ2n) is 7.38. The Morgan fingerprint density at radius 2 is 2.04 bits per heavy atom. The molecule has 0 radical (unpaired) electrons. The van der Waals surface area contributed by atoms with Crippen LogP contribution in [0.2, 0.25) is 0 Å². The summed E-state index contributed by atoms with van der Waals surface area (Å²) in [5.74, 6) is 0.836. The van der Waals surface area contributed by atoms with E-state index in [1.54, 1.807) is 22.8 Å². The van der Waals surface area contributed by atoms with Gasteiger partial charge in [-0.2, -0.15) is 5.26 Å². The third-order valence-corrected chi connectivity index (χ3v) is 3.87. The Morgan fingerprint density at radius 1 is 1.29 bits per heavy atom. The monoisotopic (exact) mass is 326 g/mol. The molecular formula is C19H26N4O. The van der Waals surface area contributed by atoms with Gasteiger partial charge in [-0.1, -0.05) is 20.8 Å². The molecule has 0 fully saturated rings. The minimum atomic E-state index is -0.0457. The third-order valence-electron chi connectivity index (χ3n) is 3.87.